The van der Waals surface area contributed by atoms with Crippen LogP contribution in [-0.2, 0) is 4.79 Å². The van der Waals surface area contributed by atoms with Crippen molar-refractivity contribution in [3.63, 3.8) is 0 Å². The van der Waals surface area contributed by atoms with Crippen molar-refractivity contribution in [2.75, 3.05) is 13.1 Å². The maximum absolute atomic E-state index is 11.9. The molecule has 1 saturated heterocycles. The molecule has 4 nitrogen and oxygen atoms in total. The number of β-amino-alcohol motifs (C(OH)–C–C–N with tert-alkyl or cyclic N) is 1. The molecule has 0 aromatic heterocycles. The molecule has 0 radical (unpaired) electrons. The Morgan fingerprint density at radius 2 is 2.20 bits per heavy atom. The molecule has 1 fully saturated rings. The second-order valence-electron chi connectivity index (χ2n) is 5.24. The lowest BCUT2D eigenvalue weighted by molar-refractivity contribution is -0.132. The molecule has 15 heavy (non-hydrogen) atoms. The van der Waals surface area contributed by atoms with E-state index in [1.54, 1.807) is 11.8 Å². The van der Waals surface area contributed by atoms with Crippen molar-refractivity contribution >= 4 is 5.91 Å². The van der Waals surface area contributed by atoms with E-state index < -0.39 is 11.6 Å². The smallest absolute Gasteiger partial charge is 0.239 e. The van der Waals surface area contributed by atoms with Crippen LogP contribution in [0.25, 0.3) is 0 Å². The molecule has 0 bridgehead atoms. The Hall–Kier alpha value is -0.610. The van der Waals surface area contributed by atoms with Crippen molar-refractivity contribution < 1.29 is 9.90 Å². The fraction of sp³-hybridized carbons (Fsp3) is 0.909. The van der Waals surface area contributed by atoms with E-state index in [-0.39, 0.29) is 5.91 Å². The fourth-order valence-corrected chi connectivity index (χ4v) is 1.98. The standard InChI is InChI=1S/C11H22N2O2/c1-8(2)6-9(12)10(14)13-5-4-11(3,15)7-13/h8-9,15H,4-7,12H2,1-3H3/t9-,11?/m1/s1. The molecule has 0 aliphatic carbocycles. The molecule has 0 saturated carbocycles. The van der Waals surface area contributed by atoms with Crippen molar-refractivity contribution in [1.29, 1.82) is 0 Å². The molecule has 1 rings (SSSR count). The predicted octanol–water partition coefficient (Wildman–Crippen LogP) is 0.343. The van der Waals surface area contributed by atoms with E-state index in [9.17, 15) is 9.90 Å². The van der Waals surface area contributed by atoms with Crippen LogP contribution in [0.1, 0.15) is 33.6 Å². The van der Waals surface area contributed by atoms with Gasteiger partial charge in [0.2, 0.25) is 5.91 Å². The zero-order valence-electron chi connectivity index (χ0n) is 9.86. The lowest BCUT2D eigenvalue weighted by Gasteiger charge is -2.23. The molecule has 1 aliphatic heterocycles. The number of amides is 1. The van der Waals surface area contributed by atoms with Crippen molar-refractivity contribution in [2.24, 2.45) is 11.7 Å². The zero-order chi connectivity index (χ0) is 11.6. The Kier molecular flexibility index (Phi) is 3.73. The summed E-state index contributed by atoms with van der Waals surface area (Å²) in [6.45, 7) is 6.89. The minimum absolute atomic E-state index is 0.0264. The molecule has 1 aliphatic rings. The third-order valence-corrected chi connectivity index (χ3v) is 2.81. The van der Waals surface area contributed by atoms with Crippen molar-refractivity contribution in [2.45, 2.75) is 45.3 Å². The van der Waals surface area contributed by atoms with Crippen LogP contribution in [0.2, 0.25) is 0 Å². The van der Waals surface area contributed by atoms with Gasteiger partial charge in [0, 0.05) is 13.1 Å². The van der Waals surface area contributed by atoms with E-state index in [0.717, 1.165) is 0 Å². The molecule has 2 atom stereocenters. The highest BCUT2D eigenvalue weighted by atomic mass is 16.3. The molecule has 1 unspecified atom stereocenters. The summed E-state index contributed by atoms with van der Waals surface area (Å²) in [5, 5.41) is 9.74. The molecule has 0 aromatic carbocycles. The second kappa shape index (κ2) is 4.49. The minimum Gasteiger partial charge on any atom is -0.388 e. The van der Waals surface area contributed by atoms with E-state index in [0.29, 0.717) is 31.8 Å². The van der Waals surface area contributed by atoms with Gasteiger partial charge in [0.25, 0.3) is 0 Å². The summed E-state index contributed by atoms with van der Waals surface area (Å²) in [7, 11) is 0. The molecule has 4 heteroatoms. The lowest BCUT2D eigenvalue weighted by atomic mass is 10.0. The van der Waals surface area contributed by atoms with Crippen LogP contribution in [0.5, 0.6) is 0 Å². The third kappa shape index (κ3) is 3.47. The molecule has 88 valence electrons. The summed E-state index contributed by atoms with van der Waals surface area (Å²) in [5.41, 5.74) is 5.08. The van der Waals surface area contributed by atoms with Crippen LogP contribution < -0.4 is 5.73 Å². The van der Waals surface area contributed by atoms with Crippen LogP contribution in [0.15, 0.2) is 0 Å². The third-order valence-electron chi connectivity index (χ3n) is 2.81. The summed E-state index contributed by atoms with van der Waals surface area (Å²) in [6.07, 6.45) is 1.35. The van der Waals surface area contributed by atoms with Gasteiger partial charge in [-0.05, 0) is 25.7 Å². The number of likely N-dealkylation sites (tertiary alicyclic amines) is 1. The maximum Gasteiger partial charge on any atom is 0.239 e. The van der Waals surface area contributed by atoms with Crippen molar-refractivity contribution in [3.8, 4) is 0 Å². The Bertz CT molecular complexity index is 239. The molecular formula is C11H22N2O2. The summed E-state index contributed by atoms with van der Waals surface area (Å²) in [5.74, 6) is 0.397. The van der Waals surface area contributed by atoms with Crippen LogP contribution >= 0.6 is 0 Å². The average molecular weight is 214 g/mol. The molecule has 1 amide bonds. The average Bonchev–Trinajstić information content (AvgIpc) is 2.43. The first kappa shape index (κ1) is 12.5. The highest BCUT2D eigenvalue weighted by Gasteiger charge is 2.35. The zero-order valence-corrected chi connectivity index (χ0v) is 9.86. The number of nitrogens with two attached hydrogens (primary N) is 1. The van der Waals surface area contributed by atoms with Gasteiger partial charge in [-0.3, -0.25) is 4.79 Å². The SMILES string of the molecule is CC(C)C[C@@H](N)C(=O)N1CCC(C)(O)C1. The number of carbonyl (C=O) groups excluding carboxylic acids is 1. The van der Waals surface area contributed by atoms with Gasteiger partial charge < -0.3 is 15.7 Å². The number of hydrogen-bond acceptors (Lipinski definition) is 3. The van der Waals surface area contributed by atoms with E-state index in [1.807, 2.05) is 13.8 Å². The van der Waals surface area contributed by atoms with E-state index >= 15 is 0 Å². The number of nitrogens with zero attached hydrogens (tertiary/aromatic N) is 1. The van der Waals surface area contributed by atoms with E-state index in [4.69, 9.17) is 5.73 Å². The molecule has 0 aromatic rings. The number of aliphatic hydroxyl groups is 1. The van der Waals surface area contributed by atoms with E-state index in [2.05, 4.69) is 0 Å². The van der Waals surface area contributed by atoms with E-state index in [1.165, 1.54) is 0 Å². The first-order chi connectivity index (χ1) is 6.82. The van der Waals surface area contributed by atoms with Gasteiger partial charge >= 0.3 is 0 Å². The van der Waals surface area contributed by atoms with Gasteiger partial charge in [-0.25, -0.2) is 0 Å². The first-order valence-corrected chi connectivity index (χ1v) is 5.58. The molecular weight excluding hydrogens is 192 g/mol. The minimum atomic E-state index is -0.729. The van der Waals surface area contributed by atoms with Gasteiger partial charge in [0.05, 0.1) is 11.6 Å². The van der Waals surface area contributed by atoms with Gasteiger partial charge in [0.1, 0.15) is 0 Å². The van der Waals surface area contributed by atoms with Crippen molar-refractivity contribution in [1.82, 2.24) is 4.90 Å². The Balaban J connectivity index is 2.48. The lowest BCUT2D eigenvalue weighted by Crippen LogP contribution is -2.44. The van der Waals surface area contributed by atoms with Crippen LogP contribution in [0, 0.1) is 5.92 Å². The first-order valence-electron chi connectivity index (χ1n) is 5.58. The number of rotatable bonds is 3. The normalized spacial score (nSPS) is 28.5. The summed E-state index contributed by atoms with van der Waals surface area (Å²) in [4.78, 5) is 13.5. The van der Waals surface area contributed by atoms with Crippen LogP contribution in [-0.4, -0.2) is 40.6 Å². The molecule has 3 N–H and O–H groups in total. The van der Waals surface area contributed by atoms with Crippen LogP contribution in [0.3, 0.4) is 0 Å². The Morgan fingerprint density at radius 1 is 1.60 bits per heavy atom. The topological polar surface area (TPSA) is 66.6 Å². The fourth-order valence-electron chi connectivity index (χ4n) is 1.98. The highest BCUT2D eigenvalue weighted by molar-refractivity contribution is 5.82. The monoisotopic (exact) mass is 214 g/mol. The van der Waals surface area contributed by atoms with Crippen LogP contribution in [0.4, 0.5) is 0 Å². The highest BCUT2D eigenvalue weighted by Crippen LogP contribution is 2.21. The largest absolute Gasteiger partial charge is 0.388 e. The number of hydrogen-bond donors (Lipinski definition) is 2. The van der Waals surface area contributed by atoms with Gasteiger partial charge in [-0.2, -0.15) is 0 Å². The number of carbonyl (C=O) groups is 1. The summed E-state index contributed by atoms with van der Waals surface area (Å²) in [6, 6.07) is -0.418. The van der Waals surface area contributed by atoms with Gasteiger partial charge in [-0.1, -0.05) is 13.8 Å². The molecule has 0 spiro atoms. The maximum atomic E-state index is 11.9. The quantitative estimate of drug-likeness (QED) is 0.712. The Labute approximate surface area is 91.4 Å². The van der Waals surface area contributed by atoms with Crippen molar-refractivity contribution in [3.05, 3.63) is 0 Å². The Morgan fingerprint density at radius 3 is 2.60 bits per heavy atom. The van der Waals surface area contributed by atoms with Gasteiger partial charge in [0.15, 0.2) is 0 Å². The summed E-state index contributed by atoms with van der Waals surface area (Å²) < 4.78 is 0. The summed E-state index contributed by atoms with van der Waals surface area (Å²) >= 11 is 0. The second-order valence-corrected chi connectivity index (χ2v) is 5.24. The van der Waals surface area contributed by atoms with Gasteiger partial charge in [-0.15, -0.1) is 0 Å². The molecule has 1 heterocycles. The predicted molar refractivity (Wildman–Crippen MR) is 59.3 cm³/mol.